The summed E-state index contributed by atoms with van der Waals surface area (Å²) < 4.78 is 0. The lowest BCUT2D eigenvalue weighted by atomic mass is 9.85. The molecular formula is C19H20N4O. The molecule has 0 saturated heterocycles. The Morgan fingerprint density at radius 3 is 2.50 bits per heavy atom. The second-order valence-corrected chi connectivity index (χ2v) is 6.41. The lowest BCUT2D eigenvalue weighted by Crippen LogP contribution is -2.38. The Kier molecular flexibility index (Phi) is 4.16. The van der Waals surface area contributed by atoms with Gasteiger partial charge in [0.15, 0.2) is 5.71 Å². The van der Waals surface area contributed by atoms with Gasteiger partial charge in [0.25, 0.3) is 5.91 Å². The number of anilines is 1. The first-order chi connectivity index (χ1) is 11.5. The molecule has 0 bridgehead atoms. The Hall–Kier alpha value is -2.95. The summed E-state index contributed by atoms with van der Waals surface area (Å²) in [7, 11) is 0. The topological polar surface area (TPSA) is 79.8 Å². The number of para-hydroxylation sites is 1. The van der Waals surface area contributed by atoms with Crippen LogP contribution in [0.1, 0.15) is 25.0 Å². The smallest absolute Gasteiger partial charge is 0.271 e. The Bertz CT molecular complexity index is 822. The van der Waals surface area contributed by atoms with Crippen LogP contribution in [0.15, 0.2) is 64.7 Å². The van der Waals surface area contributed by atoms with E-state index in [1.54, 1.807) is 0 Å². The minimum Gasteiger partial charge on any atom is -0.364 e. The van der Waals surface area contributed by atoms with Crippen molar-refractivity contribution < 1.29 is 4.79 Å². The number of amides is 1. The molecule has 0 radical (unpaired) electrons. The lowest BCUT2D eigenvalue weighted by molar-refractivity contribution is -0.111. The van der Waals surface area contributed by atoms with Gasteiger partial charge in [0, 0.05) is 5.56 Å². The number of benzene rings is 2. The molecule has 0 spiro atoms. The monoisotopic (exact) mass is 320 g/mol. The minimum absolute atomic E-state index is 0.138. The zero-order valence-electron chi connectivity index (χ0n) is 13.8. The van der Waals surface area contributed by atoms with Gasteiger partial charge in [-0.3, -0.25) is 15.2 Å². The molecule has 3 rings (SSSR count). The lowest BCUT2D eigenvalue weighted by Gasteiger charge is -2.28. The highest BCUT2D eigenvalue weighted by Crippen LogP contribution is 2.27. The van der Waals surface area contributed by atoms with E-state index in [4.69, 9.17) is 10.7 Å². The van der Waals surface area contributed by atoms with Gasteiger partial charge in [-0.25, -0.2) is 0 Å². The fourth-order valence-electron chi connectivity index (χ4n) is 2.81. The Balaban J connectivity index is 2.04. The first kappa shape index (κ1) is 15.9. The van der Waals surface area contributed by atoms with E-state index in [1.165, 1.54) is 0 Å². The average Bonchev–Trinajstić information content (AvgIpc) is 2.54. The van der Waals surface area contributed by atoms with Crippen LogP contribution in [-0.4, -0.2) is 22.9 Å². The van der Waals surface area contributed by atoms with Gasteiger partial charge in [-0.1, -0.05) is 42.5 Å². The van der Waals surface area contributed by atoms with E-state index in [0.29, 0.717) is 5.71 Å². The first-order valence-corrected chi connectivity index (χ1v) is 7.83. The largest absolute Gasteiger partial charge is 0.364 e. The highest BCUT2D eigenvalue weighted by molar-refractivity contribution is 6.70. The SMILES string of the molecule is CC1(C)Cc2ccccc2C(/C(=N/Nc2ccccc2)C(N)=O)=N1. The highest BCUT2D eigenvalue weighted by atomic mass is 16.1. The van der Waals surface area contributed by atoms with Crippen molar-refractivity contribution in [1.82, 2.24) is 0 Å². The van der Waals surface area contributed by atoms with E-state index in [1.807, 2.05) is 62.4 Å². The van der Waals surface area contributed by atoms with Crippen molar-refractivity contribution in [3.8, 4) is 0 Å². The number of nitrogens with two attached hydrogens (primary N) is 1. The van der Waals surface area contributed by atoms with Crippen LogP contribution in [-0.2, 0) is 11.2 Å². The molecule has 0 aliphatic carbocycles. The number of primary amides is 1. The van der Waals surface area contributed by atoms with Crippen LogP contribution in [0.5, 0.6) is 0 Å². The highest BCUT2D eigenvalue weighted by Gasteiger charge is 2.30. The molecule has 1 aliphatic rings. The van der Waals surface area contributed by atoms with Gasteiger partial charge in [-0.15, -0.1) is 0 Å². The van der Waals surface area contributed by atoms with Gasteiger partial charge in [-0.05, 0) is 38.0 Å². The van der Waals surface area contributed by atoms with Crippen LogP contribution in [0.2, 0.25) is 0 Å². The molecule has 2 aromatic rings. The van der Waals surface area contributed by atoms with Crippen LogP contribution in [0.3, 0.4) is 0 Å². The summed E-state index contributed by atoms with van der Waals surface area (Å²) in [5.41, 5.74) is 11.7. The number of hydrazone groups is 1. The zero-order valence-corrected chi connectivity index (χ0v) is 13.8. The molecule has 0 atom stereocenters. The maximum atomic E-state index is 12.0. The number of aliphatic imine (C=N–C) groups is 1. The van der Waals surface area contributed by atoms with Crippen LogP contribution < -0.4 is 11.2 Å². The van der Waals surface area contributed by atoms with Gasteiger partial charge in [0.1, 0.15) is 0 Å². The number of rotatable bonds is 4. The number of hydrogen-bond donors (Lipinski definition) is 2. The summed E-state index contributed by atoms with van der Waals surface area (Å²) in [5, 5.41) is 4.24. The van der Waals surface area contributed by atoms with Gasteiger partial charge < -0.3 is 5.73 Å². The molecule has 0 aromatic heterocycles. The maximum absolute atomic E-state index is 12.0. The van der Waals surface area contributed by atoms with Gasteiger partial charge >= 0.3 is 0 Å². The summed E-state index contributed by atoms with van der Waals surface area (Å²) in [5.74, 6) is -0.607. The van der Waals surface area contributed by atoms with Crippen LogP contribution in [0.25, 0.3) is 0 Å². The fourth-order valence-corrected chi connectivity index (χ4v) is 2.81. The number of hydrogen-bond acceptors (Lipinski definition) is 4. The van der Waals surface area contributed by atoms with Crippen molar-refractivity contribution >= 4 is 23.0 Å². The number of fused-ring (bicyclic) bond motifs is 1. The summed E-state index contributed by atoms with van der Waals surface area (Å²) in [4.78, 5) is 16.7. The van der Waals surface area contributed by atoms with Crippen molar-refractivity contribution in [2.45, 2.75) is 25.8 Å². The number of carbonyl (C=O) groups excluding carboxylic acids is 1. The second kappa shape index (κ2) is 6.28. The normalized spacial score (nSPS) is 16.1. The summed E-state index contributed by atoms with van der Waals surface area (Å²) in [6.07, 6.45) is 0.810. The molecule has 122 valence electrons. The van der Waals surface area contributed by atoms with Crippen molar-refractivity contribution in [1.29, 1.82) is 0 Å². The molecule has 3 N–H and O–H groups in total. The molecular weight excluding hydrogens is 300 g/mol. The van der Waals surface area contributed by atoms with E-state index in [-0.39, 0.29) is 11.3 Å². The third kappa shape index (κ3) is 3.35. The van der Waals surface area contributed by atoms with Gasteiger partial charge in [-0.2, -0.15) is 5.10 Å². The van der Waals surface area contributed by atoms with Crippen molar-refractivity contribution in [3.63, 3.8) is 0 Å². The van der Waals surface area contributed by atoms with E-state index in [2.05, 4.69) is 16.6 Å². The first-order valence-electron chi connectivity index (χ1n) is 7.83. The zero-order chi connectivity index (χ0) is 17.2. The molecule has 1 heterocycles. The maximum Gasteiger partial charge on any atom is 0.271 e. The molecule has 5 nitrogen and oxygen atoms in total. The summed E-state index contributed by atoms with van der Waals surface area (Å²) in [6.45, 7) is 4.07. The second-order valence-electron chi connectivity index (χ2n) is 6.41. The molecule has 1 amide bonds. The fraction of sp³-hybridized carbons (Fsp3) is 0.211. The van der Waals surface area contributed by atoms with E-state index < -0.39 is 5.91 Å². The molecule has 0 unspecified atom stereocenters. The molecule has 24 heavy (non-hydrogen) atoms. The quantitative estimate of drug-likeness (QED) is 0.671. The number of nitrogens with one attached hydrogen (secondary N) is 1. The molecule has 0 saturated carbocycles. The molecule has 5 heteroatoms. The predicted molar refractivity (Wildman–Crippen MR) is 97.5 cm³/mol. The minimum atomic E-state index is -0.607. The molecule has 0 fully saturated rings. The molecule has 2 aromatic carbocycles. The van der Waals surface area contributed by atoms with Crippen molar-refractivity contribution in [3.05, 3.63) is 65.7 Å². The summed E-state index contributed by atoms with van der Waals surface area (Å²) >= 11 is 0. The Morgan fingerprint density at radius 1 is 1.12 bits per heavy atom. The van der Waals surface area contributed by atoms with Crippen LogP contribution in [0, 0.1) is 0 Å². The van der Waals surface area contributed by atoms with E-state index >= 15 is 0 Å². The number of carbonyl (C=O) groups is 1. The molecule has 1 aliphatic heterocycles. The third-order valence-corrected chi connectivity index (χ3v) is 3.84. The Morgan fingerprint density at radius 2 is 1.79 bits per heavy atom. The van der Waals surface area contributed by atoms with Crippen LogP contribution >= 0.6 is 0 Å². The van der Waals surface area contributed by atoms with Crippen LogP contribution in [0.4, 0.5) is 5.69 Å². The van der Waals surface area contributed by atoms with E-state index in [9.17, 15) is 4.79 Å². The predicted octanol–water partition coefficient (Wildman–Crippen LogP) is 2.76. The van der Waals surface area contributed by atoms with Gasteiger partial charge in [0.2, 0.25) is 0 Å². The third-order valence-electron chi connectivity index (χ3n) is 3.84. The number of nitrogens with zero attached hydrogens (tertiary/aromatic N) is 2. The standard InChI is InChI=1S/C19H20N4O/c1-19(2)12-13-8-6-7-11-15(13)16(21-19)17(18(20)24)23-22-14-9-4-3-5-10-14/h3-11,22H,12H2,1-2H3,(H2,20,24)/b23-17-. The van der Waals surface area contributed by atoms with Crippen molar-refractivity contribution in [2.24, 2.45) is 15.8 Å². The summed E-state index contributed by atoms with van der Waals surface area (Å²) in [6, 6.07) is 17.3. The average molecular weight is 320 g/mol. The Labute approximate surface area is 141 Å². The van der Waals surface area contributed by atoms with Crippen molar-refractivity contribution in [2.75, 3.05) is 5.43 Å². The van der Waals surface area contributed by atoms with Gasteiger partial charge in [0.05, 0.1) is 16.9 Å². The van der Waals surface area contributed by atoms with E-state index in [0.717, 1.165) is 23.2 Å².